The Hall–Kier alpha value is -2.34. The third-order valence-corrected chi connectivity index (χ3v) is 4.77. The first-order chi connectivity index (χ1) is 12.0. The van der Waals surface area contributed by atoms with Gasteiger partial charge in [-0.25, -0.2) is 0 Å². The van der Waals surface area contributed by atoms with Gasteiger partial charge in [-0.15, -0.1) is 0 Å². The van der Waals surface area contributed by atoms with Crippen molar-refractivity contribution in [1.29, 1.82) is 0 Å². The molecule has 0 unspecified atom stereocenters. The first-order valence-electron chi connectivity index (χ1n) is 8.74. The minimum atomic E-state index is -0.306. The molecule has 1 fully saturated rings. The summed E-state index contributed by atoms with van der Waals surface area (Å²) in [5.41, 5.74) is 1.84. The minimum absolute atomic E-state index is 0.0260. The van der Waals surface area contributed by atoms with Crippen LogP contribution in [0.1, 0.15) is 37.0 Å². The molecule has 2 heterocycles. The number of nitrogens with one attached hydrogen (secondary N) is 1. The minimum Gasteiger partial charge on any atom is -0.459 e. The summed E-state index contributed by atoms with van der Waals surface area (Å²) >= 11 is 0. The number of carbonyl (C=O) groups excluding carboxylic acids is 2. The number of nitrogens with zero attached hydrogens (tertiary/aromatic N) is 1. The summed E-state index contributed by atoms with van der Waals surface area (Å²) in [6.07, 6.45) is 1.28. The van der Waals surface area contributed by atoms with Gasteiger partial charge in [0.2, 0.25) is 11.8 Å². The molecule has 0 radical (unpaired) electrons. The van der Waals surface area contributed by atoms with Crippen molar-refractivity contribution >= 4 is 22.8 Å². The van der Waals surface area contributed by atoms with Gasteiger partial charge in [0.15, 0.2) is 0 Å². The van der Waals surface area contributed by atoms with E-state index in [2.05, 4.69) is 5.32 Å². The SMILES string of the molecule is Cc1c(CNC(=O)CCC(=O)N2CCC(O)CC2)oc2ccccc12. The van der Waals surface area contributed by atoms with Crippen molar-refractivity contribution in [3.8, 4) is 0 Å². The summed E-state index contributed by atoms with van der Waals surface area (Å²) in [6.45, 7) is 3.44. The van der Waals surface area contributed by atoms with E-state index in [1.165, 1.54) is 0 Å². The summed E-state index contributed by atoms with van der Waals surface area (Å²) in [6, 6.07) is 7.77. The van der Waals surface area contributed by atoms with Crippen molar-refractivity contribution < 1.29 is 19.1 Å². The number of likely N-dealkylation sites (tertiary alicyclic amines) is 1. The van der Waals surface area contributed by atoms with Crippen LogP contribution >= 0.6 is 0 Å². The highest BCUT2D eigenvalue weighted by Crippen LogP contribution is 2.24. The van der Waals surface area contributed by atoms with E-state index < -0.39 is 0 Å². The molecule has 6 nitrogen and oxygen atoms in total. The molecule has 0 saturated carbocycles. The van der Waals surface area contributed by atoms with Gasteiger partial charge in [-0.05, 0) is 25.8 Å². The lowest BCUT2D eigenvalue weighted by Gasteiger charge is -2.29. The van der Waals surface area contributed by atoms with Crippen molar-refractivity contribution in [1.82, 2.24) is 10.2 Å². The number of aliphatic hydroxyl groups excluding tert-OH is 1. The van der Waals surface area contributed by atoms with E-state index in [1.54, 1.807) is 4.90 Å². The van der Waals surface area contributed by atoms with Crippen LogP contribution in [-0.4, -0.2) is 41.0 Å². The third kappa shape index (κ3) is 4.20. The number of piperidine rings is 1. The predicted octanol–water partition coefficient (Wildman–Crippen LogP) is 2.12. The molecule has 25 heavy (non-hydrogen) atoms. The summed E-state index contributed by atoms with van der Waals surface area (Å²) < 4.78 is 5.77. The second-order valence-electron chi connectivity index (χ2n) is 6.54. The molecule has 2 N–H and O–H groups in total. The van der Waals surface area contributed by atoms with Gasteiger partial charge in [0, 0.05) is 36.9 Å². The van der Waals surface area contributed by atoms with E-state index in [0.717, 1.165) is 22.3 Å². The highest BCUT2D eigenvalue weighted by atomic mass is 16.3. The van der Waals surface area contributed by atoms with E-state index in [4.69, 9.17) is 4.42 Å². The Bertz CT molecular complexity index is 760. The summed E-state index contributed by atoms with van der Waals surface area (Å²) in [5.74, 6) is 0.554. The standard InChI is InChI=1S/C19H24N2O4/c1-13-15-4-2-3-5-16(15)25-17(13)12-20-18(23)6-7-19(24)21-10-8-14(22)9-11-21/h2-5,14,22H,6-12H2,1H3,(H,20,23). The maximum Gasteiger partial charge on any atom is 0.223 e. The molecule has 6 heteroatoms. The Labute approximate surface area is 146 Å². The highest BCUT2D eigenvalue weighted by Gasteiger charge is 2.21. The lowest BCUT2D eigenvalue weighted by molar-refractivity contribution is -0.135. The second-order valence-corrected chi connectivity index (χ2v) is 6.54. The number of carbonyl (C=O) groups is 2. The van der Waals surface area contributed by atoms with Crippen LogP contribution in [0.2, 0.25) is 0 Å². The molecule has 1 aromatic heterocycles. The number of furan rings is 1. The zero-order valence-electron chi connectivity index (χ0n) is 14.5. The van der Waals surface area contributed by atoms with Crippen LogP contribution in [0.4, 0.5) is 0 Å². The maximum absolute atomic E-state index is 12.1. The lowest BCUT2D eigenvalue weighted by Crippen LogP contribution is -2.40. The van der Waals surface area contributed by atoms with Crippen LogP contribution in [0.25, 0.3) is 11.0 Å². The van der Waals surface area contributed by atoms with Gasteiger partial charge in [-0.3, -0.25) is 9.59 Å². The number of rotatable bonds is 5. The van der Waals surface area contributed by atoms with Crippen LogP contribution in [0.5, 0.6) is 0 Å². The number of aliphatic hydroxyl groups is 1. The zero-order chi connectivity index (χ0) is 17.8. The van der Waals surface area contributed by atoms with Crippen LogP contribution < -0.4 is 5.32 Å². The Kier molecular flexibility index (Phi) is 5.38. The molecular weight excluding hydrogens is 320 g/mol. The van der Waals surface area contributed by atoms with Gasteiger partial charge < -0.3 is 19.7 Å². The molecule has 3 rings (SSSR count). The number of hydrogen-bond donors (Lipinski definition) is 2. The Morgan fingerprint density at radius 1 is 1.24 bits per heavy atom. The normalized spacial score (nSPS) is 15.5. The lowest BCUT2D eigenvalue weighted by atomic mass is 10.1. The molecule has 0 bridgehead atoms. The van der Waals surface area contributed by atoms with Gasteiger partial charge >= 0.3 is 0 Å². The molecule has 1 aromatic carbocycles. The van der Waals surface area contributed by atoms with E-state index in [-0.39, 0.29) is 30.8 Å². The molecule has 1 saturated heterocycles. The van der Waals surface area contributed by atoms with Gasteiger partial charge in [0.05, 0.1) is 12.6 Å². The molecule has 134 valence electrons. The van der Waals surface area contributed by atoms with Crippen molar-refractivity contribution in [2.75, 3.05) is 13.1 Å². The molecular formula is C19H24N2O4. The molecule has 2 aromatic rings. The average Bonchev–Trinajstić information content (AvgIpc) is 2.95. The Balaban J connectivity index is 1.46. The van der Waals surface area contributed by atoms with Crippen LogP contribution in [0, 0.1) is 6.92 Å². The molecule has 1 aliphatic heterocycles. The molecule has 0 atom stereocenters. The summed E-state index contributed by atoms with van der Waals surface area (Å²) in [5, 5.41) is 13.3. The monoisotopic (exact) mass is 344 g/mol. The van der Waals surface area contributed by atoms with Crippen molar-refractivity contribution in [2.24, 2.45) is 0 Å². The fourth-order valence-corrected chi connectivity index (χ4v) is 3.15. The zero-order valence-corrected chi connectivity index (χ0v) is 14.5. The first kappa shape index (κ1) is 17.5. The average molecular weight is 344 g/mol. The molecule has 2 amide bonds. The second kappa shape index (κ2) is 7.70. The molecule has 0 aliphatic carbocycles. The maximum atomic E-state index is 12.1. The largest absolute Gasteiger partial charge is 0.459 e. The Morgan fingerprint density at radius 2 is 1.96 bits per heavy atom. The smallest absolute Gasteiger partial charge is 0.223 e. The van der Waals surface area contributed by atoms with Gasteiger partial charge in [-0.2, -0.15) is 0 Å². The van der Waals surface area contributed by atoms with E-state index in [0.29, 0.717) is 32.5 Å². The van der Waals surface area contributed by atoms with Crippen LogP contribution in [-0.2, 0) is 16.1 Å². The van der Waals surface area contributed by atoms with E-state index in [1.807, 2.05) is 31.2 Å². The van der Waals surface area contributed by atoms with E-state index >= 15 is 0 Å². The predicted molar refractivity (Wildman–Crippen MR) is 93.9 cm³/mol. The van der Waals surface area contributed by atoms with Crippen LogP contribution in [0.3, 0.4) is 0 Å². The number of fused-ring (bicyclic) bond motifs is 1. The third-order valence-electron chi connectivity index (χ3n) is 4.77. The highest BCUT2D eigenvalue weighted by molar-refractivity contribution is 5.84. The number of hydrogen-bond acceptors (Lipinski definition) is 4. The number of para-hydroxylation sites is 1. The fourth-order valence-electron chi connectivity index (χ4n) is 3.15. The molecule has 1 aliphatic rings. The van der Waals surface area contributed by atoms with Gasteiger partial charge in [0.25, 0.3) is 0 Å². The Morgan fingerprint density at radius 3 is 2.68 bits per heavy atom. The van der Waals surface area contributed by atoms with Crippen LogP contribution in [0.15, 0.2) is 28.7 Å². The quantitative estimate of drug-likeness (QED) is 0.870. The van der Waals surface area contributed by atoms with E-state index in [9.17, 15) is 14.7 Å². The number of benzene rings is 1. The van der Waals surface area contributed by atoms with Gasteiger partial charge in [0.1, 0.15) is 11.3 Å². The van der Waals surface area contributed by atoms with Crippen molar-refractivity contribution in [3.05, 3.63) is 35.6 Å². The summed E-state index contributed by atoms with van der Waals surface area (Å²) in [7, 11) is 0. The number of aryl methyl sites for hydroxylation is 1. The fraction of sp³-hybridized carbons (Fsp3) is 0.474. The van der Waals surface area contributed by atoms with Crippen molar-refractivity contribution in [2.45, 2.75) is 45.3 Å². The topological polar surface area (TPSA) is 82.8 Å². The number of amides is 2. The molecule has 0 spiro atoms. The first-order valence-corrected chi connectivity index (χ1v) is 8.74. The van der Waals surface area contributed by atoms with Crippen molar-refractivity contribution in [3.63, 3.8) is 0 Å². The van der Waals surface area contributed by atoms with Gasteiger partial charge in [-0.1, -0.05) is 18.2 Å². The summed E-state index contributed by atoms with van der Waals surface area (Å²) in [4.78, 5) is 25.8.